The molecule has 1 heterocycles. The molecule has 0 spiro atoms. The summed E-state index contributed by atoms with van der Waals surface area (Å²) in [5.41, 5.74) is 5.58. The molecule has 0 aromatic rings. The van der Waals surface area contributed by atoms with E-state index in [0.29, 0.717) is 17.9 Å². The van der Waals surface area contributed by atoms with Crippen molar-refractivity contribution in [2.45, 2.75) is 83.8 Å². The zero-order chi connectivity index (χ0) is 18.3. The van der Waals surface area contributed by atoms with Gasteiger partial charge in [-0.2, -0.15) is 0 Å². The number of hydrogen-bond acceptors (Lipinski definition) is 3. The van der Waals surface area contributed by atoms with Crippen molar-refractivity contribution in [1.82, 2.24) is 10.2 Å². The summed E-state index contributed by atoms with van der Waals surface area (Å²) < 4.78 is 5.48. The molecule has 6 nitrogen and oxygen atoms in total. The third-order valence-electron chi connectivity index (χ3n) is 4.95. The largest absolute Gasteiger partial charge is 0.444 e. The molecule has 2 rings (SSSR count). The Morgan fingerprint density at radius 1 is 1.20 bits per heavy atom. The highest BCUT2D eigenvalue weighted by Gasteiger charge is 2.27. The summed E-state index contributed by atoms with van der Waals surface area (Å²) in [6, 6.07) is 0.495. The van der Waals surface area contributed by atoms with Crippen molar-refractivity contribution in [3.05, 3.63) is 0 Å². The van der Waals surface area contributed by atoms with Crippen LogP contribution >= 0.6 is 0 Å². The molecule has 2 aliphatic rings. The van der Waals surface area contributed by atoms with E-state index in [1.807, 2.05) is 25.7 Å². The molecule has 0 aromatic heterocycles. The summed E-state index contributed by atoms with van der Waals surface area (Å²) in [5, 5.41) is 3.35. The maximum Gasteiger partial charge on any atom is 0.410 e. The Morgan fingerprint density at radius 2 is 1.92 bits per heavy atom. The smallest absolute Gasteiger partial charge is 0.410 e. The highest BCUT2D eigenvalue weighted by Crippen LogP contribution is 2.22. The molecule has 1 aliphatic heterocycles. The number of carbonyl (C=O) groups is 1. The number of carbonyl (C=O) groups excluding carboxylic acids is 1. The van der Waals surface area contributed by atoms with Crippen molar-refractivity contribution in [3.8, 4) is 0 Å². The Bertz CT molecular complexity index is 453. The van der Waals surface area contributed by atoms with Gasteiger partial charge in [-0.1, -0.05) is 19.3 Å². The van der Waals surface area contributed by atoms with E-state index in [1.165, 1.54) is 32.1 Å². The Hall–Kier alpha value is -1.46. The van der Waals surface area contributed by atoms with Crippen LogP contribution in [0.1, 0.15) is 72.1 Å². The monoisotopic (exact) mass is 352 g/mol. The van der Waals surface area contributed by atoms with Crippen LogP contribution in [0.4, 0.5) is 4.79 Å². The van der Waals surface area contributed by atoms with Crippen LogP contribution in [0.25, 0.3) is 0 Å². The number of rotatable bonds is 4. The number of nitrogens with one attached hydrogen (secondary N) is 1. The van der Waals surface area contributed by atoms with Gasteiger partial charge >= 0.3 is 6.09 Å². The minimum Gasteiger partial charge on any atom is -0.444 e. The zero-order valence-corrected chi connectivity index (χ0v) is 16.2. The zero-order valence-electron chi connectivity index (χ0n) is 16.2. The number of guanidine groups is 1. The van der Waals surface area contributed by atoms with Gasteiger partial charge in [-0.05, 0) is 58.8 Å². The van der Waals surface area contributed by atoms with Gasteiger partial charge in [0.1, 0.15) is 5.60 Å². The second-order valence-corrected chi connectivity index (χ2v) is 8.47. The molecule has 25 heavy (non-hydrogen) atoms. The number of ether oxygens (including phenoxy) is 1. The van der Waals surface area contributed by atoms with E-state index < -0.39 is 5.60 Å². The third kappa shape index (κ3) is 7.53. The first-order valence-electron chi connectivity index (χ1n) is 9.88. The van der Waals surface area contributed by atoms with E-state index in [0.717, 1.165) is 38.9 Å². The van der Waals surface area contributed by atoms with Crippen molar-refractivity contribution in [2.75, 3.05) is 19.6 Å². The second kappa shape index (κ2) is 9.30. The normalized spacial score (nSPS) is 23.4. The maximum absolute atomic E-state index is 12.2. The minimum atomic E-state index is -0.437. The molecule has 6 heteroatoms. The van der Waals surface area contributed by atoms with Gasteiger partial charge in [0.05, 0.1) is 0 Å². The molecule has 1 atom stereocenters. The summed E-state index contributed by atoms with van der Waals surface area (Å²) in [4.78, 5) is 18.5. The SMILES string of the molecule is CC(C)(C)OC(=O)N1CCCC(CCN=C(N)NC2CCCCC2)C1. The molecule has 144 valence electrons. The number of piperidine rings is 1. The quantitative estimate of drug-likeness (QED) is 0.601. The highest BCUT2D eigenvalue weighted by atomic mass is 16.6. The number of nitrogens with two attached hydrogens (primary N) is 1. The van der Waals surface area contributed by atoms with Crippen molar-refractivity contribution < 1.29 is 9.53 Å². The molecular weight excluding hydrogens is 316 g/mol. The molecule has 0 radical (unpaired) electrons. The minimum absolute atomic E-state index is 0.195. The first-order chi connectivity index (χ1) is 11.8. The molecule has 3 N–H and O–H groups in total. The van der Waals surface area contributed by atoms with Gasteiger partial charge in [0.2, 0.25) is 0 Å². The van der Waals surface area contributed by atoms with E-state index in [9.17, 15) is 4.79 Å². The predicted molar refractivity (Wildman–Crippen MR) is 102 cm³/mol. The molecular formula is C19H36N4O2. The molecule has 2 fully saturated rings. The van der Waals surface area contributed by atoms with Gasteiger partial charge in [-0.3, -0.25) is 4.99 Å². The first-order valence-corrected chi connectivity index (χ1v) is 9.88. The van der Waals surface area contributed by atoms with Crippen LogP contribution < -0.4 is 11.1 Å². The lowest BCUT2D eigenvalue weighted by Crippen LogP contribution is -2.43. The molecule has 1 unspecified atom stereocenters. The van der Waals surface area contributed by atoms with Gasteiger partial charge in [0.25, 0.3) is 0 Å². The summed E-state index contributed by atoms with van der Waals surface area (Å²) in [7, 11) is 0. The fourth-order valence-corrected chi connectivity index (χ4v) is 3.66. The Morgan fingerprint density at radius 3 is 2.60 bits per heavy atom. The number of amides is 1. The van der Waals surface area contributed by atoms with E-state index >= 15 is 0 Å². The van der Waals surface area contributed by atoms with E-state index in [4.69, 9.17) is 10.5 Å². The average Bonchev–Trinajstić information content (AvgIpc) is 2.54. The van der Waals surface area contributed by atoms with Crippen molar-refractivity contribution in [3.63, 3.8) is 0 Å². The van der Waals surface area contributed by atoms with Crippen LogP contribution in [-0.4, -0.2) is 48.2 Å². The lowest BCUT2D eigenvalue weighted by molar-refractivity contribution is 0.0163. The van der Waals surface area contributed by atoms with Crippen LogP contribution in [-0.2, 0) is 4.74 Å². The second-order valence-electron chi connectivity index (χ2n) is 8.47. The lowest BCUT2D eigenvalue weighted by Gasteiger charge is -2.34. The van der Waals surface area contributed by atoms with Crippen molar-refractivity contribution >= 4 is 12.1 Å². The van der Waals surface area contributed by atoms with Gasteiger partial charge in [0.15, 0.2) is 5.96 Å². The molecule has 1 amide bonds. The highest BCUT2D eigenvalue weighted by molar-refractivity contribution is 5.78. The molecule has 0 aromatic carbocycles. The summed E-state index contributed by atoms with van der Waals surface area (Å²) in [6.07, 6.45) is 9.25. The summed E-state index contributed by atoms with van der Waals surface area (Å²) in [5.74, 6) is 1.05. The van der Waals surface area contributed by atoms with E-state index in [1.54, 1.807) is 0 Å². The lowest BCUT2D eigenvalue weighted by atomic mass is 9.95. The fraction of sp³-hybridized carbons (Fsp3) is 0.895. The summed E-state index contributed by atoms with van der Waals surface area (Å²) >= 11 is 0. The number of hydrogen-bond donors (Lipinski definition) is 2. The average molecular weight is 353 g/mol. The topological polar surface area (TPSA) is 80.0 Å². The van der Waals surface area contributed by atoms with Gasteiger partial charge in [-0.25, -0.2) is 4.79 Å². The number of likely N-dealkylation sites (tertiary alicyclic amines) is 1. The number of aliphatic imine (C=N–C) groups is 1. The van der Waals surface area contributed by atoms with Gasteiger partial charge < -0.3 is 20.7 Å². The van der Waals surface area contributed by atoms with Crippen molar-refractivity contribution in [2.24, 2.45) is 16.6 Å². The van der Waals surface area contributed by atoms with Crippen molar-refractivity contribution in [1.29, 1.82) is 0 Å². The Labute approximate surface area is 152 Å². The maximum atomic E-state index is 12.2. The molecule has 1 saturated carbocycles. The van der Waals surface area contributed by atoms with Gasteiger partial charge in [-0.15, -0.1) is 0 Å². The predicted octanol–water partition coefficient (Wildman–Crippen LogP) is 3.26. The van der Waals surface area contributed by atoms with Gasteiger partial charge in [0, 0.05) is 25.7 Å². The number of nitrogens with zero attached hydrogens (tertiary/aromatic N) is 2. The standard InChI is InChI=1S/C19H36N4O2/c1-19(2,3)25-18(24)23-13-7-8-15(14-23)11-12-21-17(20)22-16-9-5-4-6-10-16/h15-16H,4-14H2,1-3H3,(H3,20,21,22). The third-order valence-corrected chi connectivity index (χ3v) is 4.95. The molecule has 1 aliphatic carbocycles. The van der Waals surface area contributed by atoms with Crippen LogP contribution in [0.5, 0.6) is 0 Å². The van der Waals surface area contributed by atoms with Crippen LogP contribution in [0.2, 0.25) is 0 Å². The van der Waals surface area contributed by atoms with E-state index in [2.05, 4.69) is 10.3 Å². The first kappa shape index (κ1) is 19.9. The Kier molecular flexibility index (Phi) is 7.38. The molecule has 0 bridgehead atoms. The van der Waals surface area contributed by atoms with E-state index in [-0.39, 0.29) is 6.09 Å². The van der Waals surface area contributed by atoms with Crippen LogP contribution in [0, 0.1) is 5.92 Å². The Balaban J connectivity index is 1.71. The summed E-state index contributed by atoms with van der Waals surface area (Å²) in [6.45, 7) is 7.99. The van der Waals surface area contributed by atoms with Crippen LogP contribution in [0.15, 0.2) is 4.99 Å². The fourth-order valence-electron chi connectivity index (χ4n) is 3.66. The van der Waals surface area contributed by atoms with Crippen LogP contribution in [0.3, 0.4) is 0 Å². The molecule has 1 saturated heterocycles.